The van der Waals surface area contributed by atoms with Crippen LogP contribution in [0.15, 0.2) is 18.3 Å². The second kappa shape index (κ2) is 3.31. The lowest BCUT2D eigenvalue weighted by molar-refractivity contribution is 0.474. The van der Waals surface area contributed by atoms with Gasteiger partial charge in [0.25, 0.3) is 0 Å². The summed E-state index contributed by atoms with van der Waals surface area (Å²) < 4.78 is 0. The predicted octanol–water partition coefficient (Wildman–Crippen LogP) is 1.98. The van der Waals surface area contributed by atoms with E-state index in [1.54, 1.807) is 18.3 Å². The van der Waals surface area contributed by atoms with Crippen LogP contribution in [-0.4, -0.2) is 15.3 Å². The number of nitrogens with one attached hydrogen (secondary N) is 1. The summed E-state index contributed by atoms with van der Waals surface area (Å²) in [4.78, 5) is 0. The van der Waals surface area contributed by atoms with E-state index in [2.05, 4.69) is 10.2 Å². The van der Waals surface area contributed by atoms with Crippen molar-refractivity contribution in [3.8, 4) is 16.9 Å². The third-order valence-electron chi connectivity index (χ3n) is 2.46. The standard InChI is InChI=1S/C11H13N3O/c1-6-3-8(15)4-7(2)10(6)9-5-13-14-11(9)12/h3-5,15H,1-2H3,(H3,12,13,14). The number of phenolic OH excluding ortho intramolecular Hbond substituents is 1. The number of benzene rings is 1. The highest BCUT2D eigenvalue weighted by molar-refractivity contribution is 5.78. The monoisotopic (exact) mass is 203 g/mol. The summed E-state index contributed by atoms with van der Waals surface area (Å²) in [6.07, 6.45) is 1.70. The number of H-pyrrole nitrogens is 1. The molecule has 0 amide bonds. The van der Waals surface area contributed by atoms with Crippen LogP contribution in [0.25, 0.3) is 11.1 Å². The summed E-state index contributed by atoms with van der Waals surface area (Å²) in [6.45, 7) is 3.88. The van der Waals surface area contributed by atoms with Crippen LogP contribution in [0.3, 0.4) is 0 Å². The first-order valence-electron chi connectivity index (χ1n) is 4.69. The Morgan fingerprint density at radius 3 is 2.33 bits per heavy atom. The van der Waals surface area contributed by atoms with Gasteiger partial charge >= 0.3 is 0 Å². The quantitative estimate of drug-likeness (QED) is 0.663. The normalized spacial score (nSPS) is 10.5. The molecule has 0 saturated heterocycles. The molecule has 1 aromatic heterocycles. The summed E-state index contributed by atoms with van der Waals surface area (Å²) in [5.41, 5.74) is 9.65. The Morgan fingerprint density at radius 2 is 1.87 bits per heavy atom. The summed E-state index contributed by atoms with van der Waals surface area (Å²) in [6, 6.07) is 3.43. The minimum atomic E-state index is 0.274. The summed E-state index contributed by atoms with van der Waals surface area (Å²) in [5.74, 6) is 0.822. The van der Waals surface area contributed by atoms with Crippen molar-refractivity contribution in [3.63, 3.8) is 0 Å². The number of aromatic hydroxyl groups is 1. The third-order valence-corrected chi connectivity index (χ3v) is 2.46. The zero-order chi connectivity index (χ0) is 11.0. The molecule has 0 fully saturated rings. The van der Waals surface area contributed by atoms with Gasteiger partial charge in [0.2, 0.25) is 0 Å². The van der Waals surface area contributed by atoms with E-state index in [1.807, 2.05) is 13.8 Å². The average Bonchev–Trinajstić information content (AvgIpc) is 2.50. The minimum absolute atomic E-state index is 0.274. The molecule has 4 heteroatoms. The number of aromatic amines is 1. The number of hydrogen-bond acceptors (Lipinski definition) is 3. The SMILES string of the molecule is Cc1cc(O)cc(C)c1-c1cn[nH]c1N. The number of nitrogen functional groups attached to an aromatic ring is 1. The highest BCUT2D eigenvalue weighted by atomic mass is 16.3. The largest absolute Gasteiger partial charge is 0.508 e. The van der Waals surface area contributed by atoms with Gasteiger partial charge in [-0.25, -0.2) is 0 Å². The van der Waals surface area contributed by atoms with E-state index in [0.29, 0.717) is 5.82 Å². The first kappa shape index (κ1) is 9.58. The van der Waals surface area contributed by atoms with Crippen LogP contribution in [0.4, 0.5) is 5.82 Å². The maximum atomic E-state index is 9.43. The van der Waals surface area contributed by atoms with E-state index in [0.717, 1.165) is 22.3 Å². The molecule has 2 rings (SSSR count). The van der Waals surface area contributed by atoms with Crippen LogP contribution in [0, 0.1) is 13.8 Å². The predicted molar refractivity (Wildman–Crippen MR) is 59.6 cm³/mol. The number of rotatable bonds is 1. The van der Waals surface area contributed by atoms with E-state index >= 15 is 0 Å². The van der Waals surface area contributed by atoms with Crippen LogP contribution in [-0.2, 0) is 0 Å². The number of anilines is 1. The van der Waals surface area contributed by atoms with Crippen molar-refractivity contribution in [1.82, 2.24) is 10.2 Å². The lowest BCUT2D eigenvalue weighted by Gasteiger charge is -2.09. The maximum Gasteiger partial charge on any atom is 0.126 e. The molecule has 0 aliphatic carbocycles. The van der Waals surface area contributed by atoms with Gasteiger partial charge in [-0.1, -0.05) is 0 Å². The molecular formula is C11H13N3O. The van der Waals surface area contributed by atoms with E-state index in [1.165, 1.54) is 0 Å². The first-order chi connectivity index (χ1) is 7.09. The molecule has 4 N–H and O–H groups in total. The fourth-order valence-electron chi connectivity index (χ4n) is 1.86. The fourth-order valence-corrected chi connectivity index (χ4v) is 1.86. The Labute approximate surface area is 87.7 Å². The van der Waals surface area contributed by atoms with Gasteiger partial charge in [-0.15, -0.1) is 0 Å². The molecule has 0 aliphatic rings. The van der Waals surface area contributed by atoms with Crippen molar-refractivity contribution in [2.45, 2.75) is 13.8 Å². The summed E-state index contributed by atoms with van der Waals surface area (Å²) in [7, 11) is 0. The van der Waals surface area contributed by atoms with E-state index in [4.69, 9.17) is 5.73 Å². The van der Waals surface area contributed by atoms with Crippen molar-refractivity contribution in [2.75, 3.05) is 5.73 Å². The topological polar surface area (TPSA) is 74.9 Å². The van der Waals surface area contributed by atoms with Gasteiger partial charge in [-0.2, -0.15) is 5.10 Å². The molecule has 1 heterocycles. The van der Waals surface area contributed by atoms with Gasteiger partial charge in [0, 0.05) is 5.56 Å². The molecule has 0 saturated carbocycles. The van der Waals surface area contributed by atoms with Crippen molar-refractivity contribution >= 4 is 5.82 Å². The number of nitrogens with two attached hydrogens (primary N) is 1. The van der Waals surface area contributed by atoms with Crippen LogP contribution < -0.4 is 5.73 Å². The smallest absolute Gasteiger partial charge is 0.126 e. The molecular weight excluding hydrogens is 190 g/mol. The molecule has 4 nitrogen and oxygen atoms in total. The Hall–Kier alpha value is -1.97. The first-order valence-corrected chi connectivity index (χ1v) is 4.69. The number of aryl methyl sites for hydroxylation is 2. The van der Waals surface area contributed by atoms with E-state index < -0.39 is 0 Å². The molecule has 15 heavy (non-hydrogen) atoms. The van der Waals surface area contributed by atoms with Crippen LogP contribution in [0.2, 0.25) is 0 Å². The zero-order valence-corrected chi connectivity index (χ0v) is 8.70. The molecule has 2 aromatic rings. The van der Waals surface area contributed by atoms with E-state index in [9.17, 15) is 5.11 Å². The molecule has 0 unspecified atom stereocenters. The highest BCUT2D eigenvalue weighted by Crippen LogP contribution is 2.32. The van der Waals surface area contributed by atoms with Gasteiger partial charge in [0.15, 0.2) is 0 Å². The number of hydrogen-bond donors (Lipinski definition) is 3. The number of phenols is 1. The van der Waals surface area contributed by atoms with Crippen molar-refractivity contribution < 1.29 is 5.11 Å². The summed E-state index contributed by atoms with van der Waals surface area (Å²) >= 11 is 0. The van der Waals surface area contributed by atoms with Crippen molar-refractivity contribution in [1.29, 1.82) is 0 Å². The van der Waals surface area contributed by atoms with Gasteiger partial charge in [-0.05, 0) is 42.7 Å². The number of aromatic nitrogens is 2. The minimum Gasteiger partial charge on any atom is -0.508 e. The van der Waals surface area contributed by atoms with Gasteiger partial charge in [0.05, 0.1) is 6.20 Å². The molecule has 1 aromatic carbocycles. The third kappa shape index (κ3) is 1.54. The van der Waals surface area contributed by atoms with E-state index in [-0.39, 0.29) is 5.75 Å². The van der Waals surface area contributed by atoms with Crippen molar-refractivity contribution in [3.05, 3.63) is 29.5 Å². The van der Waals surface area contributed by atoms with Crippen LogP contribution in [0.1, 0.15) is 11.1 Å². The van der Waals surface area contributed by atoms with Gasteiger partial charge in [-0.3, -0.25) is 5.10 Å². The Kier molecular flexibility index (Phi) is 2.11. The summed E-state index contributed by atoms with van der Waals surface area (Å²) in [5, 5.41) is 16.0. The second-order valence-corrected chi connectivity index (χ2v) is 3.65. The average molecular weight is 203 g/mol. The lowest BCUT2D eigenvalue weighted by Crippen LogP contribution is -1.92. The van der Waals surface area contributed by atoms with Gasteiger partial charge in [0.1, 0.15) is 11.6 Å². The zero-order valence-electron chi connectivity index (χ0n) is 8.70. The van der Waals surface area contributed by atoms with Crippen LogP contribution >= 0.6 is 0 Å². The molecule has 0 spiro atoms. The molecule has 0 atom stereocenters. The Bertz CT molecular complexity index is 479. The maximum absolute atomic E-state index is 9.43. The number of nitrogens with zero attached hydrogens (tertiary/aromatic N) is 1. The fraction of sp³-hybridized carbons (Fsp3) is 0.182. The highest BCUT2D eigenvalue weighted by Gasteiger charge is 2.11. The van der Waals surface area contributed by atoms with Gasteiger partial charge < -0.3 is 10.8 Å². The Morgan fingerprint density at radius 1 is 1.27 bits per heavy atom. The lowest BCUT2D eigenvalue weighted by atomic mass is 9.97. The molecule has 0 aliphatic heterocycles. The molecule has 0 radical (unpaired) electrons. The van der Waals surface area contributed by atoms with Crippen molar-refractivity contribution in [2.24, 2.45) is 0 Å². The van der Waals surface area contributed by atoms with Crippen LogP contribution in [0.5, 0.6) is 5.75 Å². The Balaban J connectivity index is 2.68. The second-order valence-electron chi connectivity index (χ2n) is 3.65. The molecule has 78 valence electrons. The molecule has 0 bridgehead atoms.